The van der Waals surface area contributed by atoms with Gasteiger partial charge < -0.3 is 15.0 Å². The van der Waals surface area contributed by atoms with Gasteiger partial charge in [0.15, 0.2) is 0 Å². The molecule has 0 atom stereocenters. The molecule has 2 rings (SSSR count). The Hall–Kier alpha value is -1.31. The first-order chi connectivity index (χ1) is 10.7. The van der Waals surface area contributed by atoms with E-state index in [9.17, 15) is 9.59 Å². The van der Waals surface area contributed by atoms with Gasteiger partial charge in [-0.2, -0.15) is 0 Å². The van der Waals surface area contributed by atoms with E-state index in [0.29, 0.717) is 25.9 Å². The number of carbonyl (C=O) groups excluding carboxylic acids is 2. The van der Waals surface area contributed by atoms with Gasteiger partial charge in [-0.15, -0.1) is 0 Å². The van der Waals surface area contributed by atoms with E-state index in [0.717, 1.165) is 9.26 Å². The molecule has 0 aromatic heterocycles. The molecule has 1 aliphatic heterocycles. The van der Waals surface area contributed by atoms with Crippen LogP contribution in [0.5, 0.6) is 0 Å². The maximum Gasteiger partial charge on any atom is 0.410 e. The van der Waals surface area contributed by atoms with Crippen LogP contribution in [-0.2, 0) is 9.53 Å². The van der Waals surface area contributed by atoms with Crippen LogP contribution in [-0.4, -0.2) is 35.6 Å². The summed E-state index contributed by atoms with van der Waals surface area (Å²) in [6.45, 7) is 6.67. The van der Waals surface area contributed by atoms with E-state index < -0.39 is 5.60 Å². The number of piperidine rings is 1. The topological polar surface area (TPSA) is 58.6 Å². The number of rotatable bonds is 2. The van der Waals surface area contributed by atoms with E-state index in [1.54, 1.807) is 4.90 Å². The van der Waals surface area contributed by atoms with E-state index in [-0.39, 0.29) is 17.9 Å². The van der Waals surface area contributed by atoms with Gasteiger partial charge in [-0.05, 0) is 80.5 Å². The summed E-state index contributed by atoms with van der Waals surface area (Å²) in [5.41, 5.74) is 0.320. The molecular formula is C17H23IN2O3. The van der Waals surface area contributed by atoms with Gasteiger partial charge >= 0.3 is 6.09 Å². The normalized spacial score (nSPS) is 16.1. The summed E-state index contributed by atoms with van der Waals surface area (Å²) >= 11 is 2.23. The first kappa shape index (κ1) is 18.0. The van der Waals surface area contributed by atoms with Crippen molar-refractivity contribution in [3.8, 4) is 0 Å². The largest absolute Gasteiger partial charge is 0.444 e. The Labute approximate surface area is 150 Å². The molecule has 1 N–H and O–H groups in total. The molecule has 126 valence electrons. The van der Waals surface area contributed by atoms with Crippen LogP contribution in [0.25, 0.3) is 0 Å². The molecule has 1 aliphatic rings. The molecule has 23 heavy (non-hydrogen) atoms. The highest BCUT2D eigenvalue weighted by molar-refractivity contribution is 14.1. The van der Waals surface area contributed by atoms with Gasteiger partial charge in [0, 0.05) is 28.3 Å². The molecule has 1 fully saturated rings. The van der Waals surface area contributed by atoms with E-state index in [2.05, 4.69) is 27.9 Å². The standard InChI is InChI=1S/C17H23IN2O3/c1-17(2,3)23-16(22)20-10-8-12(9-11-20)15(21)19-14-6-4-13(18)5-7-14/h4-7,12H,8-11H2,1-3H3,(H,19,21). The Kier molecular flexibility index (Phi) is 5.89. The van der Waals surface area contributed by atoms with Crippen molar-refractivity contribution in [2.45, 2.75) is 39.2 Å². The number of anilines is 1. The average molecular weight is 430 g/mol. The molecule has 0 aliphatic carbocycles. The Morgan fingerprint density at radius 1 is 1.17 bits per heavy atom. The third-order valence-corrected chi connectivity index (χ3v) is 4.35. The number of nitrogens with zero attached hydrogens (tertiary/aromatic N) is 1. The zero-order valence-electron chi connectivity index (χ0n) is 13.8. The van der Waals surface area contributed by atoms with Crippen molar-refractivity contribution in [3.05, 3.63) is 27.8 Å². The van der Waals surface area contributed by atoms with Gasteiger partial charge in [0.05, 0.1) is 0 Å². The van der Waals surface area contributed by atoms with Crippen LogP contribution in [0.3, 0.4) is 0 Å². The van der Waals surface area contributed by atoms with Crippen LogP contribution in [0, 0.1) is 9.49 Å². The predicted octanol–water partition coefficient (Wildman–Crippen LogP) is 3.88. The summed E-state index contributed by atoms with van der Waals surface area (Å²) in [5.74, 6) is -0.0389. The summed E-state index contributed by atoms with van der Waals surface area (Å²) in [4.78, 5) is 26.0. The first-order valence-corrected chi connectivity index (χ1v) is 8.87. The van der Waals surface area contributed by atoms with Crippen LogP contribution in [0.1, 0.15) is 33.6 Å². The van der Waals surface area contributed by atoms with E-state index in [4.69, 9.17) is 4.74 Å². The number of nitrogens with one attached hydrogen (secondary N) is 1. The summed E-state index contributed by atoms with van der Waals surface area (Å²) in [7, 11) is 0. The summed E-state index contributed by atoms with van der Waals surface area (Å²) < 4.78 is 6.50. The first-order valence-electron chi connectivity index (χ1n) is 7.79. The second-order valence-electron chi connectivity index (χ2n) is 6.74. The quantitative estimate of drug-likeness (QED) is 0.725. The highest BCUT2D eigenvalue weighted by Crippen LogP contribution is 2.21. The molecule has 0 radical (unpaired) electrons. The number of ether oxygens (including phenoxy) is 1. The van der Waals surface area contributed by atoms with Crippen LogP contribution < -0.4 is 5.32 Å². The second kappa shape index (κ2) is 7.51. The number of benzene rings is 1. The number of hydrogen-bond acceptors (Lipinski definition) is 3. The van der Waals surface area contributed by atoms with Crippen molar-refractivity contribution in [2.24, 2.45) is 5.92 Å². The maximum atomic E-state index is 12.3. The van der Waals surface area contributed by atoms with Crippen molar-refractivity contribution in [1.82, 2.24) is 4.90 Å². The zero-order valence-corrected chi connectivity index (χ0v) is 15.9. The average Bonchev–Trinajstić information content (AvgIpc) is 2.48. The SMILES string of the molecule is CC(C)(C)OC(=O)N1CCC(C(=O)Nc2ccc(I)cc2)CC1. The predicted molar refractivity (Wildman–Crippen MR) is 98.3 cm³/mol. The minimum absolute atomic E-state index is 0.0232. The highest BCUT2D eigenvalue weighted by Gasteiger charge is 2.29. The van der Waals surface area contributed by atoms with E-state index in [1.807, 2.05) is 45.0 Å². The Morgan fingerprint density at radius 3 is 2.26 bits per heavy atom. The third kappa shape index (κ3) is 5.67. The summed E-state index contributed by atoms with van der Waals surface area (Å²) in [6, 6.07) is 7.72. The summed E-state index contributed by atoms with van der Waals surface area (Å²) in [5, 5.41) is 2.94. The van der Waals surface area contributed by atoms with Crippen LogP contribution in [0.4, 0.5) is 10.5 Å². The highest BCUT2D eigenvalue weighted by atomic mass is 127. The van der Waals surface area contributed by atoms with Crippen molar-refractivity contribution in [2.75, 3.05) is 18.4 Å². The fourth-order valence-electron chi connectivity index (χ4n) is 2.43. The lowest BCUT2D eigenvalue weighted by Gasteiger charge is -2.32. The maximum absolute atomic E-state index is 12.3. The molecule has 5 nitrogen and oxygen atoms in total. The smallest absolute Gasteiger partial charge is 0.410 e. The molecule has 0 spiro atoms. The Balaban J connectivity index is 1.83. The fraction of sp³-hybridized carbons (Fsp3) is 0.529. The monoisotopic (exact) mass is 430 g/mol. The molecule has 1 aromatic carbocycles. The number of likely N-dealkylation sites (tertiary alicyclic amines) is 1. The minimum atomic E-state index is -0.490. The van der Waals surface area contributed by atoms with Crippen LogP contribution in [0.2, 0.25) is 0 Å². The van der Waals surface area contributed by atoms with Gasteiger partial charge in [0.1, 0.15) is 5.60 Å². The van der Waals surface area contributed by atoms with Gasteiger partial charge in [-0.25, -0.2) is 4.79 Å². The van der Waals surface area contributed by atoms with Gasteiger partial charge in [-0.1, -0.05) is 0 Å². The second-order valence-corrected chi connectivity index (χ2v) is 7.98. The lowest BCUT2D eigenvalue weighted by atomic mass is 9.96. The fourth-order valence-corrected chi connectivity index (χ4v) is 2.79. The molecule has 0 unspecified atom stereocenters. The van der Waals surface area contributed by atoms with E-state index >= 15 is 0 Å². The van der Waals surface area contributed by atoms with Gasteiger partial charge in [0.2, 0.25) is 5.91 Å². The third-order valence-electron chi connectivity index (χ3n) is 3.63. The molecule has 1 aromatic rings. The van der Waals surface area contributed by atoms with Crippen LogP contribution >= 0.6 is 22.6 Å². The van der Waals surface area contributed by atoms with Gasteiger partial charge in [0.25, 0.3) is 0 Å². The lowest BCUT2D eigenvalue weighted by molar-refractivity contribution is -0.121. The van der Waals surface area contributed by atoms with Crippen molar-refractivity contribution >= 4 is 40.3 Å². The molecule has 1 heterocycles. The molecule has 2 amide bonds. The molecule has 0 saturated carbocycles. The van der Waals surface area contributed by atoms with Crippen LogP contribution in [0.15, 0.2) is 24.3 Å². The molecular weight excluding hydrogens is 407 g/mol. The van der Waals surface area contributed by atoms with Crippen molar-refractivity contribution < 1.29 is 14.3 Å². The number of halogens is 1. The van der Waals surface area contributed by atoms with Crippen molar-refractivity contribution in [3.63, 3.8) is 0 Å². The Bertz CT molecular complexity index is 558. The molecule has 1 saturated heterocycles. The zero-order chi connectivity index (χ0) is 17.0. The molecule has 6 heteroatoms. The number of carbonyl (C=O) groups is 2. The van der Waals surface area contributed by atoms with E-state index in [1.165, 1.54) is 0 Å². The van der Waals surface area contributed by atoms with Crippen molar-refractivity contribution in [1.29, 1.82) is 0 Å². The Morgan fingerprint density at radius 2 is 1.74 bits per heavy atom. The van der Waals surface area contributed by atoms with Gasteiger partial charge in [-0.3, -0.25) is 4.79 Å². The molecule has 0 bridgehead atoms. The minimum Gasteiger partial charge on any atom is -0.444 e. The number of amides is 2. The summed E-state index contributed by atoms with van der Waals surface area (Å²) in [6.07, 6.45) is 1.03. The lowest BCUT2D eigenvalue weighted by Crippen LogP contribution is -2.43. The number of hydrogen-bond donors (Lipinski definition) is 1.